The average molecular weight is 396 g/mol. The third-order valence-corrected chi connectivity index (χ3v) is 4.48. The van der Waals surface area contributed by atoms with E-state index in [9.17, 15) is 4.79 Å². The fourth-order valence-corrected chi connectivity index (χ4v) is 3.04. The lowest BCUT2D eigenvalue weighted by Gasteiger charge is -2.29. The summed E-state index contributed by atoms with van der Waals surface area (Å²) in [5.74, 6) is -0.226. The second-order valence-corrected chi connectivity index (χ2v) is 6.55. The summed E-state index contributed by atoms with van der Waals surface area (Å²) in [7, 11) is 0. The number of halogens is 2. The van der Waals surface area contributed by atoms with Crippen molar-refractivity contribution >= 4 is 44.8 Å². The summed E-state index contributed by atoms with van der Waals surface area (Å²) in [5.41, 5.74) is 2.26. The fraction of sp³-hybridized carbons (Fsp3) is 0.235. The molecule has 4 nitrogen and oxygen atoms in total. The topological polar surface area (TPSA) is 41.6 Å². The van der Waals surface area contributed by atoms with E-state index in [4.69, 9.17) is 16.3 Å². The summed E-state index contributed by atoms with van der Waals surface area (Å²) < 4.78 is 6.18. The second-order valence-electron chi connectivity index (χ2n) is 5.23. The minimum absolute atomic E-state index is 0.226. The highest BCUT2D eigenvalue weighted by atomic mass is 79.9. The molecule has 0 atom stereocenters. The highest BCUT2D eigenvalue weighted by Gasteiger charge is 2.14. The average Bonchev–Trinajstić information content (AvgIpc) is 2.58. The molecule has 0 bridgehead atoms. The van der Waals surface area contributed by atoms with Gasteiger partial charge in [-0.15, -0.1) is 0 Å². The molecule has 2 aromatic carbocycles. The van der Waals surface area contributed by atoms with E-state index in [0.29, 0.717) is 10.6 Å². The van der Waals surface area contributed by atoms with Crippen LogP contribution in [-0.2, 0) is 4.74 Å². The molecule has 0 saturated carbocycles. The molecular formula is C17H16BrClN2O2. The molecule has 2 aromatic rings. The number of ether oxygens (including phenoxy) is 1. The SMILES string of the molecule is O=C(Nc1cccc(N2CCOCC2)c1)c1cc(Br)ccc1Cl. The summed E-state index contributed by atoms with van der Waals surface area (Å²) in [6.45, 7) is 3.16. The molecule has 1 N–H and O–H groups in total. The molecule has 23 heavy (non-hydrogen) atoms. The number of rotatable bonds is 3. The molecule has 1 amide bonds. The highest BCUT2D eigenvalue weighted by molar-refractivity contribution is 9.10. The number of hydrogen-bond acceptors (Lipinski definition) is 3. The predicted molar refractivity (Wildman–Crippen MR) is 96.6 cm³/mol. The van der Waals surface area contributed by atoms with Crippen LogP contribution < -0.4 is 10.2 Å². The Morgan fingerprint density at radius 1 is 1.17 bits per heavy atom. The van der Waals surface area contributed by atoms with Crippen LogP contribution in [0.5, 0.6) is 0 Å². The van der Waals surface area contributed by atoms with E-state index in [1.807, 2.05) is 24.3 Å². The van der Waals surface area contributed by atoms with Gasteiger partial charge < -0.3 is 15.0 Å². The predicted octanol–water partition coefficient (Wildman–Crippen LogP) is 4.19. The Morgan fingerprint density at radius 3 is 2.74 bits per heavy atom. The fourth-order valence-electron chi connectivity index (χ4n) is 2.47. The van der Waals surface area contributed by atoms with Crippen molar-refractivity contribution in [1.82, 2.24) is 0 Å². The minimum Gasteiger partial charge on any atom is -0.378 e. The zero-order chi connectivity index (χ0) is 16.2. The van der Waals surface area contributed by atoms with E-state index in [2.05, 4.69) is 26.1 Å². The number of nitrogens with zero attached hydrogens (tertiary/aromatic N) is 1. The Morgan fingerprint density at radius 2 is 1.96 bits per heavy atom. The molecule has 0 radical (unpaired) electrons. The number of carbonyl (C=O) groups is 1. The van der Waals surface area contributed by atoms with Gasteiger partial charge in [0.1, 0.15) is 0 Å². The van der Waals surface area contributed by atoms with E-state index in [1.54, 1.807) is 18.2 Å². The van der Waals surface area contributed by atoms with E-state index < -0.39 is 0 Å². The van der Waals surface area contributed by atoms with Crippen LogP contribution in [0.25, 0.3) is 0 Å². The van der Waals surface area contributed by atoms with Gasteiger partial charge in [-0.1, -0.05) is 33.6 Å². The van der Waals surface area contributed by atoms with Crippen LogP contribution in [0.1, 0.15) is 10.4 Å². The first kappa shape index (κ1) is 16.3. The first-order valence-corrected chi connectivity index (χ1v) is 8.50. The second kappa shape index (κ2) is 7.34. The zero-order valence-electron chi connectivity index (χ0n) is 12.4. The summed E-state index contributed by atoms with van der Waals surface area (Å²) in [6.07, 6.45) is 0. The molecule has 0 aliphatic carbocycles. The van der Waals surface area contributed by atoms with Gasteiger partial charge in [-0.25, -0.2) is 0 Å². The molecule has 0 spiro atoms. The molecule has 0 unspecified atom stereocenters. The molecule has 0 aromatic heterocycles. The Bertz CT molecular complexity index is 717. The van der Waals surface area contributed by atoms with Gasteiger partial charge in [-0.2, -0.15) is 0 Å². The van der Waals surface area contributed by atoms with Crippen molar-refractivity contribution in [3.63, 3.8) is 0 Å². The Labute approximate surface area is 148 Å². The summed E-state index contributed by atoms with van der Waals surface area (Å²) in [4.78, 5) is 14.7. The Hall–Kier alpha value is -1.56. The third-order valence-electron chi connectivity index (χ3n) is 3.65. The normalized spacial score (nSPS) is 14.6. The van der Waals surface area contributed by atoms with Crippen LogP contribution in [0.15, 0.2) is 46.9 Å². The van der Waals surface area contributed by atoms with Crippen molar-refractivity contribution < 1.29 is 9.53 Å². The van der Waals surface area contributed by atoms with Gasteiger partial charge in [-0.3, -0.25) is 4.79 Å². The van der Waals surface area contributed by atoms with Crippen LogP contribution in [0.2, 0.25) is 5.02 Å². The molecule has 1 fully saturated rings. The van der Waals surface area contributed by atoms with Crippen LogP contribution in [0.3, 0.4) is 0 Å². The first-order valence-electron chi connectivity index (χ1n) is 7.32. The third kappa shape index (κ3) is 4.05. The lowest BCUT2D eigenvalue weighted by Crippen LogP contribution is -2.36. The van der Waals surface area contributed by atoms with Crippen LogP contribution >= 0.6 is 27.5 Å². The van der Waals surface area contributed by atoms with Gasteiger partial charge in [0.25, 0.3) is 5.91 Å². The molecule has 3 rings (SSSR count). The van der Waals surface area contributed by atoms with Crippen molar-refractivity contribution in [1.29, 1.82) is 0 Å². The van der Waals surface area contributed by atoms with Crippen molar-refractivity contribution in [2.75, 3.05) is 36.5 Å². The van der Waals surface area contributed by atoms with Gasteiger partial charge in [0.05, 0.1) is 23.8 Å². The van der Waals surface area contributed by atoms with E-state index in [-0.39, 0.29) is 5.91 Å². The molecular weight excluding hydrogens is 380 g/mol. The number of hydrogen-bond donors (Lipinski definition) is 1. The maximum Gasteiger partial charge on any atom is 0.257 e. The lowest BCUT2D eigenvalue weighted by atomic mass is 10.2. The lowest BCUT2D eigenvalue weighted by molar-refractivity contribution is 0.102. The Kier molecular flexibility index (Phi) is 5.20. The van der Waals surface area contributed by atoms with Crippen molar-refractivity contribution in [2.24, 2.45) is 0 Å². The monoisotopic (exact) mass is 394 g/mol. The van der Waals surface area contributed by atoms with Gasteiger partial charge in [-0.05, 0) is 36.4 Å². The quantitative estimate of drug-likeness (QED) is 0.847. The number of morpholine rings is 1. The van der Waals surface area contributed by atoms with Gasteiger partial charge in [0, 0.05) is 28.9 Å². The molecule has 1 aliphatic rings. The van der Waals surface area contributed by atoms with Crippen molar-refractivity contribution in [3.05, 3.63) is 57.5 Å². The molecule has 6 heteroatoms. The maximum atomic E-state index is 12.4. The van der Waals surface area contributed by atoms with E-state index >= 15 is 0 Å². The number of anilines is 2. The van der Waals surface area contributed by atoms with Crippen LogP contribution in [0, 0.1) is 0 Å². The minimum atomic E-state index is -0.226. The molecule has 1 aliphatic heterocycles. The van der Waals surface area contributed by atoms with Gasteiger partial charge >= 0.3 is 0 Å². The highest BCUT2D eigenvalue weighted by Crippen LogP contribution is 2.24. The van der Waals surface area contributed by atoms with Gasteiger partial charge in [0.15, 0.2) is 0 Å². The van der Waals surface area contributed by atoms with Crippen LogP contribution in [-0.4, -0.2) is 32.2 Å². The smallest absolute Gasteiger partial charge is 0.257 e. The Balaban J connectivity index is 1.77. The number of carbonyl (C=O) groups excluding carboxylic acids is 1. The maximum absolute atomic E-state index is 12.4. The molecule has 1 heterocycles. The molecule has 120 valence electrons. The van der Waals surface area contributed by atoms with Gasteiger partial charge in [0.2, 0.25) is 0 Å². The number of benzene rings is 2. The standard InChI is InChI=1S/C17H16BrClN2O2/c18-12-4-5-16(19)15(10-12)17(22)20-13-2-1-3-14(11-13)21-6-8-23-9-7-21/h1-5,10-11H,6-9H2,(H,20,22). The molecule has 1 saturated heterocycles. The first-order chi connectivity index (χ1) is 11.1. The number of nitrogens with one attached hydrogen (secondary N) is 1. The summed E-state index contributed by atoms with van der Waals surface area (Å²) >= 11 is 9.46. The van der Waals surface area contributed by atoms with E-state index in [0.717, 1.165) is 42.2 Å². The van der Waals surface area contributed by atoms with Crippen molar-refractivity contribution in [2.45, 2.75) is 0 Å². The van der Waals surface area contributed by atoms with Crippen molar-refractivity contribution in [3.8, 4) is 0 Å². The summed E-state index contributed by atoms with van der Waals surface area (Å²) in [5, 5.41) is 3.33. The largest absolute Gasteiger partial charge is 0.378 e. The van der Waals surface area contributed by atoms with E-state index in [1.165, 1.54) is 0 Å². The summed E-state index contributed by atoms with van der Waals surface area (Å²) in [6, 6.07) is 13.0. The zero-order valence-corrected chi connectivity index (χ0v) is 14.7. The van der Waals surface area contributed by atoms with Crippen LogP contribution in [0.4, 0.5) is 11.4 Å². The number of amides is 1.